The number of rotatable bonds is 4. The van der Waals surface area contributed by atoms with Gasteiger partial charge in [0, 0.05) is 36.6 Å². The predicted molar refractivity (Wildman–Crippen MR) is 104 cm³/mol. The van der Waals surface area contributed by atoms with Crippen molar-refractivity contribution in [2.24, 2.45) is 0 Å². The molecule has 1 aromatic heterocycles. The third-order valence-corrected chi connectivity index (χ3v) is 5.44. The molecule has 4 rings (SSSR count). The second kappa shape index (κ2) is 7.04. The molecule has 1 saturated heterocycles. The lowest BCUT2D eigenvalue weighted by Crippen LogP contribution is -2.45. The number of nitrogens with one attached hydrogen (secondary N) is 1. The third-order valence-electron chi connectivity index (χ3n) is 5.44. The lowest BCUT2D eigenvalue weighted by atomic mass is 10.0. The number of hydrogen-bond acceptors (Lipinski definition) is 3. The molecule has 1 N–H and O–H groups in total. The molecule has 0 atom stereocenters. The molecule has 1 aromatic carbocycles. The van der Waals surface area contributed by atoms with Gasteiger partial charge in [0.25, 0.3) is 0 Å². The standard InChI is InChI=1S/C21H28N4/c1-16-15-17(2)25(23-16)21-9-7-20(8-10-21)24-13-11-19(12-14-24)22-18-5-3-4-6-18/h3-4,7-10,15,18-19,22H,5-6,11-14H2,1-2H3. The molecule has 4 heteroatoms. The Bertz CT molecular complexity index is 728. The number of hydrogen-bond donors (Lipinski definition) is 1. The average molecular weight is 336 g/mol. The van der Waals surface area contributed by atoms with Crippen molar-refractivity contribution in [3.05, 3.63) is 53.9 Å². The number of anilines is 1. The van der Waals surface area contributed by atoms with Crippen molar-refractivity contribution in [1.29, 1.82) is 0 Å². The first-order chi connectivity index (χ1) is 12.2. The van der Waals surface area contributed by atoms with Crippen LogP contribution in [0.2, 0.25) is 0 Å². The Hall–Kier alpha value is -2.07. The summed E-state index contributed by atoms with van der Waals surface area (Å²) in [6.07, 6.45) is 9.47. The van der Waals surface area contributed by atoms with Gasteiger partial charge in [-0.2, -0.15) is 5.10 Å². The normalized spacial score (nSPS) is 19.0. The largest absolute Gasteiger partial charge is 0.371 e. The van der Waals surface area contributed by atoms with Crippen molar-refractivity contribution in [2.75, 3.05) is 18.0 Å². The lowest BCUT2D eigenvalue weighted by Gasteiger charge is -2.35. The number of benzene rings is 1. The smallest absolute Gasteiger partial charge is 0.0650 e. The van der Waals surface area contributed by atoms with Gasteiger partial charge >= 0.3 is 0 Å². The van der Waals surface area contributed by atoms with Gasteiger partial charge in [0.05, 0.1) is 11.4 Å². The molecule has 4 nitrogen and oxygen atoms in total. The second-order valence-corrected chi connectivity index (χ2v) is 7.42. The second-order valence-electron chi connectivity index (χ2n) is 7.42. The maximum absolute atomic E-state index is 4.57. The van der Waals surface area contributed by atoms with Crippen LogP contribution in [0.3, 0.4) is 0 Å². The minimum atomic E-state index is 0.676. The van der Waals surface area contributed by atoms with Crippen molar-refractivity contribution >= 4 is 5.69 Å². The topological polar surface area (TPSA) is 33.1 Å². The molecule has 0 radical (unpaired) electrons. The van der Waals surface area contributed by atoms with Gasteiger partial charge in [-0.3, -0.25) is 0 Å². The zero-order valence-corrected chi connectivity index (χ0v) is 15.3. The lowest BCUT2D eigenvalue weighted by molar-refractivity contribution is 0.372. The number of piperidine rings is 1. The van der Waals surface area contributed by atoms with Gasteiger partial charge in [0.2, 0.25) is 0 Å². The minimum absolute atomic E-state index is 0.676. The summed E-state index contributed by atoms with van der Waals surface area (Å²) in [6.45, 7) is 6.41. The Kier molecular flexibility index (Phi) is 4.62. The Morgan fingerprint density at radius 1 is 0.920 bits per heavy atom. The molecule has 0 unspecified atom stereocenters. The number of nitrogens with zero attached hydrogens (tertiary/aromatic N) is 3. The van der Waals surface area contributed by atoms with Crippen LogP contribution >= 0.6 is 0 Å². The summed E-state index contributed by atoms with van der Waals surface area (Å²) in [4.78, 5) is 2.51. The van der Waals surface area contributed by atoms with Crippen LogP contribution in [0.4, 0.5) is 5.69 Å². The zero-order chi connectivity index (χ0) is 17.2. The van der Waals surface area contributed by atoms with Gasteiger partial charge < -0.3 is 10.2 Å². The summed E-state index contributed by atoms with van der Waals surface area (Å²) in [5.41, 5.74) is 4.71. The molecule has 0 amide bonds. The summed E-state index contributed by atoms with van der Waals surface area (Å²) in [5, 5.41) is 8.40. The van der Waals surface area contributed by atoms with Crippen LogP contribution in [-0.4, -0.2) is 35.0 Å². The van der Waals surface area contributed by atoms with Gasteiger partial charge in [0.1, 0.15) is 0 Å². The Morgan fingerprint density at radius 3 is 2.16 bits per heavy atom. The minimum Gasteiger partial charge on any atom is -0.371 e. The van der Waals surface area contributed by atoms with Gasteiger partial charge in [-0.25, -0.2) is 4.68 Å². The molecule has 1 aliphatic carbocycles. The van der Waals surface area contributed by atoms with E-state index < -0.39 is 0 Å². The van der Waals surface area contributed by atoms with Crippen molar-refractivity contribution < 1.29 is 0 Å². The molecule has 2 aliphatic rings. The molecule has 2 heterocycles. The van der Waals surface area contributed by atoms with E-state index in [-0.39, 0.29) is 0 Å². The maximum atomic E-state index is 4.57. The van der Waals surface area contributed by atoms with Crippen LogP contribution in [0.5, 0.6) is 0 Å². The number of aromatic nitrogens is 2. The first-order valence-electron chi connectivity index (χ1n) is 9.49. The summed E-state index contributed by atoms with van der Waals surface area (Å²) in [5.74, 6) is 0. The van der Waals surface area contributed by atoms with Crippen LogP contribution in [0, 0.1) is 13.8 Å². The Balaban J connectivity index is 1.36. The highest BCUT2D eigenvalue weighted by Gasteiger charge is 2.22. The zero-order valence-electron chi connectivity index (χ0n) is 15.3. The van der Waals surface area contributed by atoms with Crippen molar-refractivity contribution in [1.82, 2.24) is 15.1 Å². The van der Waals surface area contributed by atoms with Crippen LogP contribution in [-0.2, 0) is 0 Å². The van der Waals surface area contributed by atoms with Gasteiger partial charge in [0.15, 0.2) is 0 Å². The van der Waals surface area contributed by atoms with Gasteiger partial charge in [-0.1, -0.05) is 12.2 Å². The van der Waals surface area contributed by atoms with E-state index in [2.05, 4.69) is 64.7 Å². The highest BCUT2D eigenvalue weighted by atomic mass is 15.3. The van der Waals surface area contributed by atoms with Crippen LogP contribution in [0.1, 0.15) is 37.1 Å². The summed E-state index contributed by atoms with van der Waals surface area (Å²) in [6, 6.07) is 12.3. The predicted octanol–water partition coefficient (Wildman–Crippen LogP) is 3.77. The van der Waals surface area contributed by atoms with Crippen molar-refractivity contribution in [2.45, 2.75) is 51.6 Å². The Morgan fingerprint density at radius 2 is 1.56 bits per heavy atom. The maximum Gasteiger partial charge on any atom is 0.0650 e. The first kappa shape index (κ1) is 16.4. The molecule has 132 valence electrons. The quantitative estimate of drug-likeness (QED) is 0.863. The number of aryl methyl sites for hydroxylation is 2. The summed E-state index contributed by atoms with van der Waals surface area (Å²) < 4.78 is 2.02. The molecule has 2 aromatic rings. The van der Waals surface area contributed by atoms with E-state index in [9.17, 15) is 0 Å². The molecule has 0 bridgehead atoms. The molecular weight excluding hydrogens is 308 g/mol. The fourth-order valence-electron chi connectivity index (χ4n) is 4.09. The van der Waals surface area contributed by atoms with Crippen LogP contribution in [0.15, 0.2) is 42.5 Å². The monoisotopic (exact) mass is 336 g/mol. The summed E-state index contributed by atoms with van der Waals surface area (Å²) in [7, 11) is 0. The van der Waals surface area contributed by atoms with Crippen molar-refractivity contribution in [3.63, 3.8) is 0 Å². The SMILES string of the molecule is Cc1cc(C)n(-c2ccc(N3CCC(NC4CC=CC4)CC3)cc2)n1. The highest BCUT2D eigenvalue weighted by Crippen LogP contribution is 2.23. The summed E-state index contributed by atoms with van der Waals surface area (Å²) >= 11 is 0. The van der Waals surface area contributed by atoms with E-state index in [0.29, 0.717) is 12.1 Å². The first-order valence-corrected chi connectivity index (χ1v) is 9.49. The van der Waals surface area contributed by atoms with E-state index in [1.54, 1.807) is 0 Å². The Labute approximate surface area is 150 Å². The van der Waals surface area contributed by atoms with Crippen molar-refractivity contribution in [3.8, 4) is 5.69 Å². The molecule has 0 saturated carbocycles. The van der Waals surface area contributed by atoms with E-state index in [1.807, 2.05) is 11.6 Å². The van der Waals surface area contributed by atoms with Crippen LogP contribution in [0.25, 0.3) is 5.69 Å². The molecule has 25 heavy (non-hydrogen) atoms. The van der Waals surface area contributed by atoms with E-state index in [1.165, 1.54) is 37.1 Å². The van der Waals surface area contributed by atoms with Crippen LogP contribution < -0.4 is 10.2 Å². The van der Waals surface area contributed by atoms with E-state index in [4.69, 9.17) is 0 Å². The molecular formula is C21H28N4. The van der Waals surface area contributed by atoms with Gasteiger partial charge in [-0.05, 0) is 69.9 Å². The fraction of sp³-hybridized carbons (Fsp3) is 0.476. The third kappa shape index (κ3) is 3.64. The molecule has 1 aliphatic heterocycles. The van der Waals surface area contributed by atoms with E-state index >= 15 is 0 Å². The molecule has 0 spiro atoms. The highest BCUT2D eigenvalue weighted by molar-refractivity contribution is 5.51. The van der Waals surface area contributed by atoms with E-state index in [0.717, 1.165) is 24.5 Å². The average Bonchev–Trinajstić information content (AvgIpc) is 3.25. The van der Waals surface area contributed by atoms with Gasteiger partial charge in [-0.15, -0.1) is 0 Å². The fourth-order valence-corrected chi connectivity index (χ4v) is 4.09. The molecule has 1 fully saturated rings.